The Morgan fingerprint density at radius 2 is 2.17 bits per heavy atom. The number of hydrogen-bond acceptors (Lipinski definition) is 5. The number of carbonyl (C=O) groups is 1. The second-order valence-electron chi connectivity index (χ2n) is 3.54. The highest BCUT2D eigenvalue weighted by Crippen LogP contribution is 2.09. The van der Waals surface area contributed by atoms with E-state index in [-0.39, 0.29) is 18.9 Å². The summed E-state index contributed by atoms with van der Waals surface area (Å²) < 4.78 is 5.48. The van der Waals surface area contributed by atoms with Crippen molar-refractivity contribution in [3.8, 4) is 5.75 Å². The number of benzene rings is 1. The van der Waals surface area contributed by atoms with Gasteiger partial charge in [-0.05, 0) is 12.1 Å². The number of carbonyl (C=O) groups excluding carboxylic acids is 1. The summed E-state index contributed by atoms with van der Waals surface area (Å²) in [6.07, 6.45) is 0.0400. The lowest BCUT2D eigenvalue weighted by molar-refractivity contribution is -0.120. The first-order valence-electron chi connectivity index (χ1n) is 5.35. The van der Waals surface area contributed by atoms with Crippen LogP contribution in [-0.2, 0) is 17.8 Å². The molecule has 1 amide bonds. The Kier molecular flexibility index (Phi) is 3.87. The monoisotopic (exact) mass is 247 g/mol. The number of aromatic amines is 1. The van der Waals surface area contributed by atoms with E-state index in [0.717, 1.165) is 5.75 Å². The van der Waals surface area contributed by atoms with E-state index in [2.05, 4.69) is 15.2 Å². The third kappa shape index (κ3) is 3.29. The largest absolute Gasteiger partial charge is 0.486 e. The van der Waals surface area contributed by atoms with Crippen molar-refractivity contribution in [1.82, 2.24) is 20.6 Å². The number of nitrogens with two attached hydrogens (primary N) is 1. The van der Waals surface area contributed by atoms with Gasteiger partial charge in [-0.3, -0.25) is 15.3 Å². The van der Waals surface area contributed by atoms with E-state index in [0.29, 0.717) is 11.6 Å². The first-order valence-corrected chi connectivity index (χ1v) is 5.35. The number of para-hydroxylation sites is 1. The fraction of sp³-hybridized carbons (Fsp3) is 0.182. The van der Waals surface area contributed by atoms with E-state index in [9.17, 15) is 4.79 Å². The summed E-state index contributed by atoms with van der Waals surface area (Å²) in [4.78, 5) is 15.1. The van der Waals surface area contributed by atoms with Gasteiger partial charge in [0.15, 0.2) is 11.6 Å². The Morgan fingerprint density at radius 3 is 2.89 bits per heavy atom. The number of nitrogens with one attached hydrogen (secondary N) is 2. The summed E-state index contributed by atoms with van der Waals surface area (Å²) >= 11 is 0. The van der Waals surface area contributed by atoms with Gasteiger partial charge in [-0.15, -0.1) is 0 Å². The van der Waals surface area contributed by atoms with Gasteiger partial charge in [0.1, 0.15) is 12.4 Å². The second kappa shape index (κ2) is 5.78. The van der Waals surface area contributed by atoms with Gasteiger partial charge in [0.2, 0.25) is 5.91 Å². The molecule has 0 spiro atoms. The SMILES string of the molecule is NNC(=O)Cc1n[nH]c(COc2ccccc2)n1. The molecule has 7 nitrogen and oxygen atoms in total. The van der Waals surface area contributed by atoms with Crippen LogP contribution in [0.25, 0.3) is 0 Å². The van der Waals surface area contributed by atoms with Gasteiger partial charge < -0.3 is 4.74 Å². The minimum Gasteiger partial charge on any atom is -0.486 e. The van der Waals surface area contributed by atoms with Crippen LogP contribution in [0.1, 0.15) is 11.6 Å². The zero-order valence-electron chi connectivity index (χ0n) is 9.59. The molecule has 0 radical (unpaired) electrons. The molecule has 7 heteroatoms. The predicted octanol–water partition coefficient (Wildman–Crippen LogP) is -0.0839. The Hall–Kier alpha value is -2.41. The molecule has 0 atom stereocenters. The van der Waals surface area contributed by atoms with Gasteiger partial charge in [-0.25, -0.2) is 10.8 Å². The topological polar surface area (TPSA) is 106 Å². The fourth-order valence-corrected chi connectivity index (χ4v) is 1.34. The number of nitrogens with zero attached hydrogens (tertiary/aromatic N) is 2. The maximum Gasteiger partial charge on any atom is 0.241 e. The highest BCUT2D eigenvalue weighted by molar-refractivity contribution is 5.76. The first kappa shape index (κ1) is 12.1. The number of hydrazine groups is 1. The lowest BCUT2D eigenvalue weighted by Gasteiger charge is -2.02. The van der Waals surface area contributed by atoms with Crippen molar-refractivity contribution < 1.29 is 9.53 Å². The van der Waals surface area contributed by atoms with Gasteiger partial charge in [0.05, 0.1) is 6.42 Å². The van der Waals surface area contributed by atoms with E-state index >= 15 is 0 Å². The Labute approximate surface area is 103 Å². The van der Waals surface area contributed by atoms with Crippen molar-refractivity contribution in [1.29, 1.82) is 0 Å². The molecule has 94 valence electrons. The molecule has 1 heterocycles. The van der Waals surface area contributed by atoms with Crippen molar-refractivity contribution in [3.05, 3.63) is 42.0 Å². The summed E-state index contributed by atoms with van der Waals surface area (Å²) in [6.45, 7) is 0.265. The Balaban J connectivity index is 1.89. The molecule has 0 unspecified atom stereocenters. The Morgan fingerprint density at radius 1 is 1.39 bits per heavy atom. The fourth-order valence-electron chi connectivity index (χ4n) is 1.34. The highest BCUT2D eigenvalue weighted by atomic mass is 16.5. The lowest BCUT2D eigenvalue weighted by atomic mass is 10.3. The molecule has 1 aromatic heterocycles. The highest BCUT2D eigenvalue weighted by Gasteiger charge is 2.08. The maximum absolute atomic E-state index is 11.0. The molecule has 4 N–H and O–H groups in total. The molecule has 2 aromatic rings. The predicted molar refractivity (Wildman–Crippen MR) is 63.2 cm³/mol. The zero-order chi connectivity index (χ0) is 12.8. The lowest BCUT2D eigenvalue weighted by Crippen LogP contribution is -2.31. The van der Waals surface area contributed by atoms with Crippen molar-refractivity contribution in [2.75, 3.05) is 0 Å². The molecule has 18 heavy (non-hydrogen) atoms. The van der Waals surface area contributed by atoms with Gasteiger partial charge >= 0.3 is 0 Å². The molecule has 0 saturated carbocycles. The van der Waals surface area contributed by atoms with E-state index in [4.69, 9.17) is 10.6 Å². The first-order chi connectivity index (χ1) is 8.78. The smallest absolute Gasteiger partial charge is 0.241 e. The maximum atomic E-state index is 11.0. The molecular weight excluding hydrogens is 234 g/mol. The number of aromatic nitrogens is 3. The average molecular weight is 247 g/mol. The van der Waals surface area contributed by atoms with Gasteiger partial charge in [-0.2, -0.15) is 5.10 Å². The molecule has 0 fully saturated rings. The van der Waals surface area contributed by atoms with Gasteiger partial charge in [0, 0.05) is 0 Å². The second-order valence-corrected chi connectivity index (χ2v) is 3.54. The summed E-state index contributed by atoms with van der Waals surface area (Å²) in [7, 11) is 0. The van der Waals surface area contributed by atoms with Crippen molar-refractivity contribution in [3.63, 3.8) is 0 Å². The number of rotatable bonds is 5. The van der Waals surface area contributed by atoms with Crippen LogP contribution in [0.5, 0.6) is 5.75 Å². The molecule has 1 aromatic carbocycles. The van der Waals surface area contributed by atoms with Crippen molar-refractivity contribution in [2.45, 2.75) is 13.0 Å². The standard InChI is InChI=1S/C11H13N5O2/c12-14-11(17)6-9-13-10(16-15-9)7-18-8-4-2-1-3-5-8/h1-5H,6-7,12H2,(H,14,17)(H,13,15,16). The Bertz CT molecular complexity index is 511. The zero-order valence-corrected chi connectivity index (χ0v) is 9.59. The van der Waals surface area contributed by atoms with Crippen molar-refractivity contribution in [2.24, 2.45) is 5.84 Å². The summed E-state index contributed by atoms with van der Waals surface area (Å²) in [5.41, 5.74) is 2.02. The molecule has 2 rings (SSSR count). The van der Waals surface area contributed by atoms with Crippen LogP contribution in [0.4, 0.5) is 0 Å². The molecule has 0 bridgehead atoms. The molecular formula is C11H13N5O2. The summed E-state index contributed by atoms with van der Waals surface area (Å²) in [5.74, 6) is 6.31. The quantitative estimate of drug-likeness (QED) is 0.389. The molecule has 0 aliphatic rings. The minimum atomic E-state index is -0.343. The number of H-pyrrole nitrogens is 1. The van der Waals surface area contributed by atoms with Crippen molar-refractivity contribution >= 4 is 5.91 Å². The van der Waals surface area contributed by atoms with Crippen LogP contribution >= 0.6 is 0 Å². The van der Waals surface area contributed by atoms with Crippen LogP contribution in [0, 0.1) is 0 Å². The summed E-state index contributed by atoms with van der Waals surface area (Å²) in [6, 6.07) is 9.36. The normalized spacial score (nSPS) is 10.1. The third-order valence-corrected chi connectivity index (χ3v) is 2.18. The molecule has 0 saturated heterocycles. The molecule has 0 aliphatic heterocycles. The number of ether oxygens (including phenoxy) is 1. The number of hydrogen-bond donors (Lipinski definition) is 3. The summed E-state index contributed by atoms with van der Waals surface area (Å²) in [5, 5.41) is 6.58. The van der Waals surface area contributed by atoms with E-state index in [1.165, 1.54) is 0 Å². The third-order valence-electron chi connectivity index (χ3n) is 2.18. The van der Waals surface area contributed by atoms with Crippen LogP contribution in [0.15, 0.2) is 30.3 Å². The van der Waals surface area contributed by atoms with E-state index < -0.39 is 0 Å². The minimum absolute atomic E-state index is 0.0400. The van der Waals surface area contributed by atoms with E-state index in [1.807, 2.05) is 35.8 Å². The number of amides is 1. The van der Waals surface area contributed by atoms with Gasteiger partial charge in [-0.1, -0.05) is 18.2 Å². The average Bonchev–Trinajstić information content (AvgIpc) is 2.85. The van der Waals surface area contributed by atoms with Crippen LogP contribution in [0.2, 0.25) is 0 Å². The van der Waals surface area contributed by atoms with E-state index in [1.54, 1.807) is 0 Å². The molecule has 0 aliphatic carbocycles. The van der Waals surface area contributed by atoms with Crippen LogP contribution in [0.3, 0.4) is 0 Å². The van der Waals surface area contributed by atoms with Crippen LogP contribution in [-0.4, -0.2) is 21.1 Å². The van der Waals surface area contributed by atoms with Crippen LogP contribution < -0.4 is 16.0 Å². The van der Waals surface area contributed by atoms with Gasteiger partial charge in [0.25, 0.3) is 0 Å².